The van der Waals surface area contributed by atoms with Gasteiger partial charge in [-0.1, -0.05) is 6.07 Å². The largest absolute Gasteiger partial charge is 0.465 e. The molecule has 2 aromatic rings. The predicted octanol–water partition coefficient (Wildman–Crippen LogP) is 2.10. The van der Waals surface area contributed by atoms with Crippen molar-refractivity contribution in [3.63, 3.8) is 0 Å². The van der Waals surface area contributed by atoms with Crippen molar-refractivity contribution in [1.82, 2.24) is 4.98 Å². The Hall–Kier alpha value is -2.56. The molecule has 104 valence electrons. The molecule has 5 heteroatoms. The van der Waals surface area contributed by atoms with E-state index in [4.69, 9.17) is 5.73 Å². The molecule has 0 spiro atoms. The molecular weight excluding hydrogens is 254 g/mol. The van der Waals surface area contributed by atoms with Crippen LogP contribution in [-0.4, -0.2) is 24.6 Å². The van der Waals surface area contributed by atoms with Crippen LogP contribution in [0.4, 0.5) is 11.4 Å². The highest BCUT2D eigenvalue weighted by molar-refractivity contribution is 5.91. The van der Waals surface area contributed by atoms with Gasteiger partial charge in [-0.15, -0.1) is 0 Å². The summed E-state index contributed by atoms with van der Waals surface area (Å²) >= 11 is 0. The van der Waals surface area contributed by atoms with Crippen LogP contribution in [0.2, 0.25) is 0 Å². The molecule has 0 atom stereocenters. The molecule has 0 aliphatic heterocycles. The lowest BCUT2D eigenvalue weighted by atomic mass is 10.1. The number of carbonyl (C=O) groups excluding carboxylic acids is 1. The van der Waals surface area contributed by atoms with E-state index in [1.807, 2.05) is 18.3 Å². The summed E-state index contributed by atoms with van der Waals surface area (Å²) in [5.74, 6) is -0.375. The highest BCUT2D eigenvalue weighted by Gasteiger charge is 2.08. The molecule has 3 N–H and O–H groups in total. The van der Waals surface area contributed by atoms with Crippen LogP contribution in [0.25, 0.3) is 0 Å². The van der Waals surface area contributed by atoms with E-state index in [0.717, 1.165) is 17.7 Å². The molecular formula is C15H17N3O2. The molecule has 0 fully saturated rings. The summed E-state index contributed by atoms with van der Waals surface area (Å²) in [6, 6.07) is 8.96. The van der Waals surface area contributed by atoms with E-state index in [-0.39, 0.29) is 5.97 Å². The second-order valence-corrected chi connectivity index (χ2v) is 4.33. The summed E-state index contributed by atoms with van der Waals surface area (Å²) in [5, 5.41) is 3.22. The Morgan fingerprint density at radius 2 is 2.25 bits per heavy atom. The van der Waals surface area contributed by atoms with Gasteiger partial charge < -0.3 is 15.8 Å². The SMILES string of the molecule is COC(=O)c1ccc(N)c(NCCc2cccnc2)c1. The van der Waals surface area contributed by atoms with Crippen molar-refractivity contribution in [1.29, 1.82) is 0 Å². The third-order valence-corrected chi connectivity index (χ3v) is 2.93. The van der Waals surface area contributed by atoms with Gasteiger partial charge in [-0.05, 0) is 36.2 Å². The molecule has 0 saturated carbocycles. The number of anilines is 2. The first kappa shape index (κ1) is 13.9. The Kier molecular flexibility index (Phi) is 4.55. The number of nitrogens with zero attached hydrogens (tertiary/aromatic N) is 1. The molecule has 0 aliphatic carbocycles. The third-order valence-electron chi connectivity index (χ3n) is 2.93. The fourth-order valence-corrected chi connectivity index (χ4v) is 1.84. The molecule has 0 radical (unpaired) electrons. The summed E-state index contributed by atoms with van der Waals surface area (Å²) in [6.07, 6.45) is 4.40. The van der Waals surface area contributed by atoms with Crippen molar-refractivity contribution in [2.75, 3.05) is 24.7 Å². The molecule has 1 aromatic heterocycles. The number of pyridine rings is 1. The number of hydrogen-bond donors (Lipinski definition) is 2. The fraction of sp³-hybridized carbons (Fsp3) is 0.200. The lowest BCUT2D eigenvalue weighted by molar-refractivity contribution is 0.0601. The molecule has 2 rings (SSSR count). The minimum Gasteiger partial charge on any atom is -0.465 e. The highest BCUT2D eigenvalue weighted by atomic mass is 16.5. The van der Waals surface area contributed by atoms with Gasteiger partial charge in [0.05, 0.1) is 24.0 Å². The summed E-state index contributed by atoms with van der Waals surface area (Å²) in [4.78, 5) is 15.5. The van der Waals surface area contributed by atoms with Crippen LogP contribution in [0.15, 0.2) is 42.7 Å². The molecule has 0 unspecified atom stereocenters. The number of benzene rings is 1. The van der Waals surface area contributed by atoms with E-state index in [1.165, 1.54) is 7.11 Å². The standard InChI is InChI=1S/C15H17N3O2/c1-20-15(19)12-4-5-13(16)14(9-12)18-8-6-11-3-2-7-17-10-11/h2-5,7,9-10,18H,6,8,16H2,1H3. The van der Waals surface area contributed by atoms with Gasteiger partial charge in [0.25, 0.3) is 0 Å². The van der Waals surface area contributed by atoms with Gasteiger partial charge in [-0.3, -0.25) is 4.98 Å². The monoisotopic (exact) mass is 271 g/mol. The number of methoxy groups -OCH3 is 1. The zero-order valence-electron chi connectivity index (χ0n) is 11.3. The lowest BCUT2D eigenvalue weighted by Gasteiger charge is -2.10. The van der Waals surface area contributed by atoms with Crippen molar-refractivity contribution < 1.29 is 9.53 Å². The van der Waals surface area contributed by atoms with E-state index < -0.39 is 0 Å². The summed E-state index contributed by atoms with van der Waals surface area (Å²) < 4.78 is 4.69. The number of rotatable bonds is 5. The Balaban J connectivity index is 2.00. The van der Waals surface area contributed by atoms with Crippen molar-refractivity contribution in [3.05, 3.63) is 53.9 Å². The van der Waals surface area contributed by atoms with Gasteiger partial charge in [0.15, 0.2) is 0 Å². The van der Waals surface area contributed by atoms with E-state index in [0.29, 0.717) is 17.8 Å². The molecule has 1 aromatic carbocycles. The number of carbonyl (C=O) groups is 1. The van der Waals surface area contributed by atoms with Crippen LogP contribution in [0.1, 0.15) is 15.9 Å². The van der Waals surface area contributed by atoms with Crippen LogP contribution < -0.4 is 11.1 Å². The fourth-order valence-electron chi connectivity index (χ4n) is 1.84. The maximum absolute atomic E-state index is 11.5. The lowest BCUT2D eigenvalue weighted by Crippen LogP contribution is -2.09. The van der Waals surface area contributed by atoms with Crippen LogP contribution in [-0.2, 0) is 11.2 Å². The minimum atomic E-state index is -0.375. The molecule has 5 nitrogen and oxygen atoms in total. The van der Waals surface area contributed by atoms with Gasteiger partial charge in [0.1, 0.15) is 0 Å². The Labute approximate surface area is 117 Å². The highest BCUT2D eigenvalue weighted by Crippen LogP contribution is 2.20. The first-order chi connectivity index (χ1) is 9.70. The molecule has 0 aliphatic rings. The van der Waals surface area contributed by atoms with Crippen molar-refractivity contribution >= 4 is 17.3 Å². The predicted molar refractivity (Wildman–Crippen MR) is 78.6 cm³/mol. The minimum absolute atomic E-state index is 0.375. The summed E-state index contributed by atoms with van der Waals surface area (Å²) in [5.41, 5.74) is 8.84. The van der Waals surface area contributed by atoms with Gasteiger partial charge >= 0.3 is 5.97 Å². The van der Waals surface area contributed by atoms with Crippen LogP contribution in [0.3, 0.4) is 0 Å². The second kappa shape index (κ2) is 6.56. The second-order valence-electron chi connectivity index (χ2n) is 4.33. The van der Waals surface area contributed by atoms with Crippen LogP contribution in [0.5, 0.6) is 0 Å². The molecule has 1 heterocycles. The van der Waals surface area contributed by atoms with E-state index >= 15 is 0 Å². The Morgan fingerprint density at radius 1 is 1.40 bits per heavy atom. The van der Waals surface area contributed by atoms with E-state index in [2.05, 4.69) is 15.0 Å². The topological polar surface area (TPSA) is 77.2 Å². The molecule has 20 heavy (non-hydrogen) atoms. The van der Waals surface area contributed by atoms with E-state index in [1.54, 1.807) is 24.4 Å². The molecule has 0 bridgehead atoms. The number of ether oxygens (including phenoxy) is 1. The maximum atomic E-state index is 11.5. The Bertz CT molecular complexity index is 585. The number of aromatic nitrogens is 1. The first-order valence-corrected chi connectivity index (χ1v) is 6.31. The number of nitrogen functional groups attached to an aromatic ring is 1. The summed E-state index contributed by atoms with van der Waals surface area (Å²) in [7, 11) is 1.36. The van der Waals surface area contributed by atoms with Crippen molar-refractivity contribution in [2.45, 2.75) is 6.42 Å². The average Bonchev–Trinajstić information content (AvgIpc) is 2.49. The normalized spacial score (nSPS) is 10.1. The number of hydrogen-bond acceptors (Lipinski definition) is 5. The number of nitrogens with one attached hydrogen (secondary N) is 1. The zero-order valence-corrected chi connectivity index (χ0v) is 11.3. The van der Waals surface area contributed by atoms with Gasteiger partial charge in [0.2, 0.25) is 0 Å². The molecule has 0 amide bonds. The van der Waals surface area contributed by atoms with Crippen LogP contribution >= 0.6 is 0 Å². The van der Waals surface area contributed by atoms with Gasteiger partial charge in [-0.2, -0.15) is 0 Å². The number of nitrogens with two attached hydrogens (primary N) is 1. The summed E-state index contributed by atoms with van der Waals surface area (Å²) in [6.45, 7) is 0.709. The quantitative estimate of drug-likeness (QED) is 0.643. The maximum Gasteiger partial charge on any atom is 0.337 e. The number of esters is 1. The smallest absolute Gasteiger partial charge is 0.337 e. The molecule has 0 saturated heterocycles. The van der Waals surface area contributed by atoms with Gasteiger partial charge in [0, 0.05) is 18.9 Å². The average molecular weight is 271 g/mol. The zero-order chi connectivity index (χ0) is 14.4. The Morgan fingerprint density at radius 3 is 2.95 bits per heavy atom. The first-order valence-electron chi connectivity index (χ1n) is 6.31. The van der Waals surface area contributed by atoms with Gasteiger partial charge in [-0.25, -0.2) is 4.79 Å². The third kappa shape index (κ3) is 3.47. The van der Waals surface area contributed by atoms with Crippen molar-refractivity contribution in [3.8, 4) is 0 Å². The van der Waals surface area contributed by atoms with Crippen molar-refractivity contribution in [2.24, 2.45) is 0 Å². The van der Waals surface area contributed by atoms with Crippen LogP contribution in [0, 0.1) is 0 Å². The van der Waals surface area contributed by atoms with E-state index in [9.17, 15) is 4.79 Å².